The van der Waals surface area contributed by atoms with Gasteiger partial charge in [0, 0.05) is 17.0 Å². The van der Waals surface area contributed by atoms with Crippen LogP contribution in [0.5, 0.6) is 0 Å². The van der Waals surface area contributed by atoms with Crippen LogP contribution in [0.1, 0.15) is 18.1 Å². The molecule has 0 aliphatic rings. The second kappa shape index (κ2) is 9.32. The standard InChI is InChI=1S/C15H23NO2S2/c1-11-4-6-13(7-5-11)9-20-10-15(18)16-12(2)14(8-17)19-3/h4-7,12,14,17H,8-10H2,1-3H3,(H,16,18). The molecule has 1 rings (SSSR count). The van der Waals surface area contributed by atoms with Crippen molar-refractivity contribution in [2.45, 2.75) is 30.9 Å². The summed E-state index contributed by atoms with van der Waals surface area (Å²) in [5, 5.41) is 12.2. The lowest BCUT2D eigenvalue weighted by molar-refractivity contribution is -0.119. The van der Waals surface area contributed by atoms with E-state index in [4.69, 9.17) is 0 Å². The SMILES string of the molecule is CSC(CO)C(C)NC(=O)CSCc1ccc(C)cc1. The molecule has 0 aliphatic heterocycles. The number of carbonyl (C=O) groups excluding carboxylic acids is 1. The van der Waals surface area contributed by atoms with Crippen LogP contribution in [0.15, 0.2) is 24.3 Å². The van der Waals surface area contributed by atoms with E-state index < -0.39 is 0 Å². The Morgan fingerprint density at radius 1 is 1.35 bits per heavy atom. The minimum absolute atomic E-state index is 0.0116. The summed E-state index contributed by atoms with van der Waals surface area (Å²) in [6, 6.07) is 8.35. The molecule has 5 heteroatoms. The van der Waals surface area contributed by atoms with Crippen molar-refractivity contribution in [2.24, 2.45) is 0 Å². The van der Waals surface area contributed by atoms with E-state index in [1.54, 1.807) is 23.5 Å². The first kappa shape index (κ1) is 17.4. The zero-order valence-corrected chi connectivity index (χ0v) is 13.9. The molecule has 0 aliphatic carbocycles. The van der Waals surface area contributed by atoms with Crippen molar-refractivity contribution in [1.29, 1.82) is 0 Å². The van der Waals surface area contributed by atoms with E-state index in [9.17, 15) is 9.90 Å². The summed E-state index contributed by atoms with van der Waals surface area (Å²) in [6.45, 7) is 4.08. The van der Waals surface area contributed by atoms with Gasteiger partial charge in [-0.3, -0.25) is 4.79 Å². The first-order valence-electron chi connectivity index (χ1n) is 6.63. The van der Waals surface area contributed by atoms with E-state index in [2.05, 4.69) is 36.5 Å². The number of carbonyl (C=O) groups is 1. The fourth-order valence-corrected chi connectivity index (χ4v) is 3.20. The lowest BCUT2D eigenvalue weighted by Crippen LogP contribution is -2.42. The van der Waals surface area contributed by atoms with Gasteiger partial charge in [0.05, 0.1) is 12.4 Å². The second-order valence-electron chi connectivity index (χ2n) is 4.79. The fraction of sp³-hybridized carbons (Fsp3) is 0.533. The van der Waals surface area contributed by atoms with Gasteiger partial charge in [-0.15, -0.1) is 11.8 Å². The lowest BCUT2D eigenvalue weighted by Gasteiger charge is -2.21. The third-order valence-corrected chi connectivity index (χ3v) is 5.22. The number of aliphatic hydroxyl groups is 1. The van der Waals surface area contributed by atoms with Crippen molar-refractivity contribution < 1.29 is 9.90 Å². The van der Waals surface area contributed by atoms with Crippen LogP contribution in [0.3, 0.4) is 0 Å². The molecule has 0 spiro atoms. The summed E-state index contributed by atoms with van der Waals surface area (Å²) < 4.78 is 0. The van der Waals surface area contributed by atoms with Crippen LogP contribution in [0.2, 0.25) is 0 Å². The zero-order chi connectivity index (χ0) is 15.0. The molecule has 0 fully saturated rings. The van der Waals surface area contributed by atoms with E-state index in [-0.39, 0.29) is 23.8 Å². The Labute approximate surface area is 129 Å². The van der Waals surface area contributed by atoms with Gasteiger partial charge < -0.3 is 10.4 Å². The lowest BCUT2D eigenvalue weighted by atomic mass is 10.2. The van der Waals surface area contributed by atoms with E-state index >= 15 is 0 Å². The maximum atomic E-state index is 11.8. The van der Waals surface area contributed by atoms with Gasteiger partial charge in [-0.05, 0) is 25.7 Å². The third kappa shape index (κ3) is 6.20. The number of nitrogens with one attached hydrogen (secondary N) is 1. The molecule has 0 bridgehead atoms. The third-order valence-electron chi connectivity index (χ3n) is 3.05. The predicted octanol–water partition coefficient (Wildman–Crippen LogP) is 2.46. The highest BCUT2D eigenvalue weighted by atomic mass is 32.2. The number of hydrogen-bond donors (Lipinski definition) is 2. The van der Waals surface area contributed by atoms with Crippen LogP contribution in [0.25, 0.3) is 0 Å². The van der Waals surface area contributed by atoms with Crippen LogP contribution in [0, 0.1) is 6.92 Å². The number of rotatable bonds is 8. The molecular formula is C15H23NO2S2. The van der Waals surface area contributed by atoms with Gasteiger partial charge in [-0.1, -0.05) is 29.8 Å². The molecule has 1 aromatic rings. The Morgan fingerprint density at radius 3 is 2.55 bits per heavy atom. The van der Waals surface area contributed by atoms with Crippen LogP contribution in [-0.4, -0.2) is 40.9 Å². The van der Waals surface area contributed by atoms with E-state index in [0.717, 1.165) is 5.75 Å². The molecular weight excluding hydrogens is 290 g/mol. The maximum absolute atomic E-state index is 11.8. The van der Waals surface area contributed by atoms with Crippen LogP contribution < -0.4 is 5.32 Å². The largest absolute Gasteiger partial charge is 0.395 e. The Kier molecular flexibility index (Phi) is 8.11. The molecule has 0 aromatic heterocycles. The monoisotopic (exact) mass is 313 g/mol. The van der Waals surface area contributed by atoms with Gasteiger partial charge in [0.15, 0.2) is 0 Å². The summed E-state index contributed by atoms with van der Waals surface area (Å²) in [5.41, 5.74) is 2.48. The Balaban J connectivity index is 2.27. The van der Waals surface area contributed by atoms with E-state index in [1.165, 1.54) is 11.1 Å². The van der Waals surface area contributed by atoms with Gasteiger partial charge >= 0.3 is 0 Å². The first-order chi connectivity index (χ1) is 9.56. The highest BCUT2D eigenvalue weighted by molar-refractivity contribution is 7.99. The van der Waals surface area contributed by atoms with Crippen molar-refractivity contribution in [3.63, 3.8) is 0 Å². The quantitative estimate of drug-likeness (QED) is 0.774. The number of hydrogen-bond acceptors (Lipinski definition) is 4. The average Bonchev–Trinajstić information content (AvgIpc) is 2.42. The summed E-state index contributed by atoms with van der Waals surface area (Å²) in [4.78, 5) is 11.8. The molecule has 1 amide bonds. The summed E-state index contributed by atoms with van der Waals surface area (Å²) in [6.07, 6.45) is 1.94. The van der Waals surface area contributed by atoms with Gasteiger partial charge in [0.25, 0.3) is 0 Å². The smallest absolute Gasteiger partial charge is 0.230 e. The molecule has 20 heavy (non-hydrogen) atoms. The van der Waals surface area contributed by atoms with Crippen molar-refractivity contribution in [2.75, 3.05) is 18.6 Å². The summed E-state index contributed by atoms with van der Waals surface area (Å²) >= 11 is 3.18. The van der Waals surface area contributed by atoms with Crippen LogP contribution in [-0.2, 0) is 10.5 Å². The highest BCUT2D eigenvalue weighted by Crippen LogP contribution is 2.14. The number of aliphatic hydroxyl groups excluding tert-OH is 1. The van der Waals surface area contributed by atoms with Gasteiger partial charge in [-0.2, -0.15) is 11.8 Å². The Morgan fingerprint density at radius 2 is 2.00 bits per heavy atom. The number of amides is 1. The molecule has 3 nitrogen and oxygen atoms in total. The summed E-state index contributed by atoms with van der Waals surface area (Å²) in [5.74, 6) is 1.32. The minimum Gasteiger partial charge on any atom is -0.395 e. The second-order valence-corrected chi connectivity index (χ2v) is 6.85. The molecule has 2 atom stereocenters. The maximum Gasteiger partial charge on any atom is 0.230 e. The molecule has 1 aromatic carbocycles. The van der Waals surface area contributed by atoms with Crippen molar-refractivity contribution >= 4 is 29.4 Å². The van der Waals surface area contributed by atoms with Gasteiger partial charge in [-0.25, -0.2) is 0 Å². The Bertz CT molecular complexity index is 405. The van der Waals surface area contributed by atoms with E-state index in [0.29, 0.717) is 5.75 Å². The van der Waals surface area contributed by atoms with Crippen molar-refractivity contribution in [3.05, 3.63) is 35.4 Å². The zero-order valence-electron chi connectivity index (χ0n) is 12.3. The molecule has 0 saturated carbocycles. The topological polar surface area (TPSA) is 49.3 Å². The number of thioether (sulfide) groups is 2. The molecule has 0 radical (unpaired) electrons. The first-order valence-corrected chi connectivity index (χ1v) is 9.07. The normalized spacial score (nSPS) is 13.8. The summed E-state index contributed by atoms with van der Waals surface area (Å²) in [7, 11) is 0. The molecule has 112 valence electrons. The number of aryl methyl sites for hydroxylation is 1. The fourth-order valence-electron chi connectivity index (χ4n) is 1.77. The van der Waals surface area contributed by atoms with Gasteiger partial charge in [0.2, 0.25) is 5.91 Å². The van der Waals surface area contributed by atoms with Crippen molar-refractivity contribution in [1.82, 2.24) is 5.32 Å². The predicted molar refractivity (Wildman–Crippen MR) is 89.3 cm³/mol. The van der Waals surface area contributed by atoms with Crippen LogP contribution >= 0.6 is 23.5 Å². The van der Waals surface area contributed by atoms with Crippen LogP contribution in [0.4, 0.5) is 0 Å². The molecule has 0 saturated heterocycles. The minimum atomic E-state index is -0.0116. The average molecular weight is 313 g/mol. The van der Waals surface area contributed by atoms with Gasteiger partial charge in [0.1, 0.15) is 0 Å². The Hall–Kier alpha value is -0.650. The van der Waals surface area contributed by atoms with E-state index in [1.807, 2.05) is 13.2 Å². The van der Waals surface area contributed by atoms with Crippen molar-refractivity contribution in [3.8, 4) is 0 Å². The number of benzene rings is 1. The molecule has 2 unspecified atom stereocenters. The molecule has 2 N–H and O–H groups in total. The highest BCUT2D eigenvalue weighted by Gasteiger charge is 2.17. The molecule has 0 heterocycles.